The maximum atomic E-state index is 14.9. The van der Waals surface area contributed by atoms with E-state index in [2.05, 4.69) is 10.2 Å². The van der Waals surface area contributed by atoms with Gasteiger partial charge in [-0.15, -0.1) is 23.7 Å². The third-order valence-corrected chi connectivity index (χ3v) is 9.36. The Morgan fingerprint density at radius 3 is 2.17 bits per heavy atom. The van der Waals surface area contributed by atoms with E-state index < -0.39 is 28.9 Å². The lowest BCUT2D eigenvalue weighted by molar-refractivity contribution is -0.120. The Hall–Kier alpha value is -4.22. The molecule has 252 valence electrons. The molecule has 0 aliphatic rings. The van der Waals surface area contributed by atoms with Crippen LogP contribution in [0.4, 0.5) is 14.5 Å². The first-order chi connectivity index (χ1) is 22.5. The van der Waals surface area contributed by atoms with Gasteiger partial charge in [0.25, 0.3) is 0 Å². The van der Waals surface area contributed by atoms with Gasteiger partial charge in [-0.2, -0.15) is 0 Å². The standard InChI is InChI=1S/C37H37F2N3O4S.ClH/c1-22(2)33(44)29-20-42(19-27-30(38)11-8-12-31(27)39)37-32(34(29)45)28(18-41(4)17-24-9-6-5-7-10-24)35(47-37)25-13-15-26(16-14-25)40-36(46)23(3)21-43;/h5-16,20,22-23,43H,17-19,21H2,1-4H3,(H,40,46);1H/t23-;/m1./s1. The molecule has 0 radical (unpaired) electrons. The molecule has 0 saturated carbocycles. The molecule has 1 atom stereocenters. The van der Waals surface area contributed by atoms with E-state index in [1.807, 2.05) is 49.5 Å². The van der Waals surface area contributed by atoms with Gasteiger partial charge < -0.3 is 15.0 Å². The molecule has 3 aromatic carbocycles. The SMILES string of the molecule is CC(C)C(=O)c1cn(Cc2c(F)cccc2F)c2sc(-c3ccc(NC(=O)[C@H](C)CO)cc3)c(CN(C)Cc3ccccc3)c2c1=O.Cl. The molecule has 1 amide bonds. The Morgan fingerprint density at radius 2 is 1.56 bits per heavy atom. The number of hydrogen-bond acceptors (Lipinski definition) is 6. The van der Waals surface area contributed by atoms with E-state index in [4.69, 9.17) is 0 Å². The van der Waals surface area contributed by atoms with E-state index >= 15 is 0 Å². The van der Waals surface area contributed by atoms with Crippen LogP contribution in [0.25, 0.3) is 20.7 Å². The largest absolute Gasteiger partial charge is 0.396 e. The fraction of sp³-hybridized carbons (Fsp3) is 0.270. The summed E-state index contributed by atoms with van der Waals surface area (Å²) < 4.78 is 31.4. The fourth-order valence-corrected chi connectivity index (χ4v) is 6.70. The summed E-state index contributed by atoms with van der Waals surface area (Å²) in [5.74, 6) is -3.16. The number of aromatic nitrogens is 1. The Morgan fingerprint density at radius 1 is 0.917 bits per heavy atom. The molecule has 0 unspecified atom stereocenters. The Labute approximate surface area is 288 Å². The number of Topliss-reactive ketones (excluding diaryl/α,β-unsaturated/α-hetero) is 1. The highest BCUT2D eigenvalue weighted by atomic mass is 35.5. The van der Waals surface area contributed by atoms with E-state index in [-0.39, 0.29) is 48.4 Å². The average Bonchev–Trinajstić information content (AvgIpc) is 3.43. The predicted molar refractivity (Wildman–Crippen MR) is 190 cm³/mol. The van der Waals surface area contributed by atoms with Crippen LogP contribution in [0, 0.1) is 23.5 Å². The summed E-state index contributed by atoms with van der Waals surface area (Å²) in [4.78, 5) is 43.3. The van der Waals surface area contributed by atoms with Gasteiger partial charge in [0.15, 0.2) is 5.78 Å². The number of carbonyl (C=O) groups is 2. The Balaban J connectivity index is 0.00000520. The molecular formula is C37H38ClF2N3O4S. The minimum Gasteiger partial charge on any atom is -0.396 e. The van der Waals surface area contributed by atoms with Crippen molar-refractivity contribution in [2.45, 2.75) is 40.4 Å². The van der Waals surface area contributed by atoms with Crippen LogP contribution in [0.15, 0.2) is 83.8 Å². The van der Waals surface area contributed by atoms with Crippen molar-refractivity contribution in [3.8, 4) is 10.4 Å². The predicted octanol–water partition coefficient (Wildman–Crippen LogP) is 7.52. The number of pyridine rings is 1. The minimum absolute atomic E-state index is 0. The number of rotatable bonds is 12. The van der Waals surface area contributed by atoms with Gasteiger partial charge in [0, 0.05) is 41.3 Å². The molecule has 0 spiro atoms. The van der Waals surface area contributed by atoms with Gasteiger partial charge in [-0.25, -0.2) is 8.78 Å². The number of benzene rings is 3. The van der Waals surface area contributed by atoms with Crippen LogP contribution in [0.5, 0.6) is 0 Å². The third kappa shape index (κ3) is 7.90. The van der Waals surface area contributed by atoms with E-state index in [9.17, 15) is 28.3 Å². The van der Waals surface area contributed by atoms with Gasteiger partial charge in [-0.05, 0) is 48.0 Å². The van der Waals surface area contributed by atoms with Crippen LogP contribution in [0.1, 0.15) is 47.8 Å². The van der Waals surface area contributed by atoms with Crippen LogP contribution >= 0.6 is 23.7 Å². The summed E-state index contributed by atoms with van der Waals surface area (Å²) in [6, 6.07) is 20.7. The number of aliphatic hydroxyl groups is 1. The summed E-state index contributed by atoms with van der Waals surface area (Å²) >= 11 is 1.31. The summed E-state index contributed by atoms with van der Waals surface area (Å²) in [7, 11) is 1.94. The maximum absolute atomic E-state index is 14.9. The van der Waals surface area contributed by atoms with Crippen LogP contribution in [-0.2, 0) is 24.4 Å². The normalized spacial score (nSPS) is 11.9. The molecule has 5 rings (SSSR count). The highest BCUT2D eigenvalue weighted by Crippen LogP contribution is 2.39. The zero-order valence-corrected chi connectivity index (χ0v) is 28.8. The number of carbonyl (C=O) groups excluding carboxylic acids is 2. The lowest BCUT2D eigenvalue weighted by Crippen LogP contribution is -2.24. The number of amides is 1. The maximum Gasteiger partial charge on any atom is 0.229 e. The molecule has 48 heavy (non-hydrogen) atoms. The number of halogens is 3. The molecular weight excluding hydrogens is 656 g/mol. The summed E-state index contributed by atoms with van der Waals surface area (Å²) in [5, 5.41) is 12.5. The monoisotopic (exact) mass is 693 g/mol. The first-order valence-corrected chi connectivity index (χ1v) is 16.2. The van der Waals surface area contributed by atoms with Crippen molar-refractivity contribution in [3.63, 3.8) is 0 Å². The second-order valence-electron chi connectivity index (χ2n) is 12.1. The van der Waals surface area contributed by atoms with Crippen molar-refractivity contribution in [2.75, 3.05) is 19.0 Å². The van der Waals surface area contributed by atoms with Crippen molar-refractivity contribution in [1.29, 1.82) is 0 Å². The topological polar surface area (TPSA) is 91.6 Å². The molecule has 2 aromatic heterocycles. The average molecular weight is 694 g/mol. The highest BCUT2D eigenvalue weighted by Gasteiger charge is 2.26. The lowest BCUT2D eigenvalue weighted by atomic mass is 9.99. The quantitative estimate of drug-likeness (QED) is 0.132. The molecule has 0 aliphatic heterocycles. The van der Waals surface area contributed by atoms with Gasteiger partial charge >= 0.3 is 0 Å². The summed E-state index contributed by atoms with van der Waals surface area (Å²) in [6.45, 7) is 5.48. The molecule has 11 heteroatoms. The molecule has 5 aromatic rings. The minimum atomic E-state index is -0.721. The zero-order valence-electron chi connectivity index (χ0n) is 27.1. The van der Waals surface area contributed by atoms with E-state index in [1.165, 1.54) is 35.7 Å². The molecule has 0 aliphatic carbocycles. The van der Waals surface area contributed by atoms with Gasteiger partial charge in [0.2, 0.25) is 11.3 Å². The lowest BCUT2D eigenvalue weighted by Gasteiger charge is -2.18. The van der Waals surface area contributed by atoms with Gasteiger partial charge in [0.1, 0.15) is 16.5 Å². The number of fused-ring (bicyclic) bond motifs is 1. The van der Waals surface area contributed by atoms with Gasteiger partial charge in [-0.1, -0.05) is 69.3 Å². The van der Waals surface area contributed by atoms with Crippen LogP contribution in [0.3, 0.4) is 0 Å². The number of nitrogens with one attached hydrogen (secondary N) is 1. The third-order valence-electron chi connectivity index (χ3n) is 8.05. The van der Waals surface area contributed by atoms with E-state index in [0.717, 1.165) is 16.0 Å². The van der Waals surface area contributed by atoms with Crippen LogP contribution in [0.2, 0.25) is 0 Å². The first kappa shape index (κ1) is 36.6. The second-order valence-corrected chi connectivity index (χ2v) is 13.1. The number of aliphatic hydroxyl groups excluding tert-OH is 1. The Kier molecular flexibility index (Phi) is 12.0. The van der Waals surface area contributed by atoms with Crippen molar-refractivity contribution >= 4 is 51.3 Å². The van der Waals surface area contributed by atoms with Crippen molar-refractivity contribution < 1.29 is 23.5 Å². The molecule has 0 bridgehead atoms. The molecule has 2 heterocycles. The van der Waals surface area contributed by atoms with E-state index in [0.29, 0.717) is 34.6 Å². The number of anilines is 1. The van der Waals surface area contributed by atoms with Crippen molar-refractivity contribution in [3.05, 3.63) is 123 Å². The second kappa shape index (κ2) is 15.8. The first-order valence-electron chi connectivity index (χ1n) is 15.4. The van der Waals surface area contributed by atoms with Crippen molar-refractivity contribution in [1.82, 2.24) is 9.47 Å². The van der Waals surface area contributed by atoms with Crippen molar-refractivity contribution in [2.24, 2.45) is 11.8 Å². The van der Waals surface area contributed by atoms with Gasteiger partial charge in [-0.3, -0.25) is 19.3 Å². The number of thiophene rings is 1. The fourth-order valence-electron chi connectivity index (χ4n) is 5.41. The smallest absolute Gasteiger partial charge is 0.229 e. The number of hydrogen-bond donors (Lipinski definition) is 2. The molecule has 0 fully saturated rings. The highest BCUT2D eigenvalue weighted by molar-refractivity contribution is 7.22. The summed E-state index contributed by atoms with van der Waals surface area (Å²) in [5.41, 5.74) is 2.46. The molecule has 0 saturated heterocycles. The molecule has 7 nitrogen and oxygen atoms in total. The van der Waals surface area contributed by atoms with Crippen LogP contribution < -0.4 is 10.7 Å². The molecule has 2 N–H and O–H groups in total. The van der Waals surface area contributed by atoms with E-state index in [1.54, 1.807) is 37.5 Å². The number of ketones is 1. The van der Waals surface area contributed by atoms with Gasteiger partial charge in [0.05, 0.1) is 30.0 Å². The van der Waals surface area contributed by atoms with Crippen LogP contribution in [-0.4, -0.2) is 39.9 Å². The Bertz CT molecular complexity index is 1960. The number of nitrogens with zero attached hydrogens (tertiary/aromatic N) is 2. The zero-order chi connectivity index (χ0) is 33.8. The summed E-state index contributed by atoms with van der Waals surface area (Å²) in [6.07, 6.45) is 1.43.